The van der Waals surface area contributed by atoms with E-state index in [2.05, 4.69) is 15.5 Å². The number of hydrogen-bond donors (Lipinski definition) is 1. The number of fused-ring (bicyclic) bond motifs is 1. The fraction of sp³-hybridized carbons (Fsp3) is 0.400. The molecular formula is C20H24N6O3. The number of hydrogen-bond acceptors (Lipinski definition) is 5. The molecule has 9 nitrogen and oxygen atoms in total. The van der Waals surface area contributed by atoms with Crippen LogP contribution in [0.5, 0.6) is 0 Å². The van der Waals surface area contributed by atoms with Crippen molar-refractivity contribution in [3.63, 3.8) is 0 Å². The Kier molecular flexibility index (Phi) is 4.96. The van der Waals surface area contributed by atoms with E-state index in [1.165, 1.54) is 0 Å². The number of aromatic nitrogens is 3. The van der Waals surface area contributed by atoms with Crippen LogP contribution < -0.4 is 5.32 Å². The predicted molar refractivity (Wildman–Crippen MR) is 106 cm³/mol. The summed E-state index contributed by atoms with van der Waals surface area (Å²) in [5, 5.41) is 11.4. The molecule has 0 saturated carbocycles. The Morgan fingerprint density at radius 3 is 2.79 bits per heavy atom. The summed E-state index contributed by atoms with van der Waals surface area (Å²) in [6.07, 6.45) is 2.57. The third-order valence-corrected chi connectivity index (χ3v) is 5.12. The van der Waals surface area contributed by atoms with Crippen molar-refractivity contribution in [1.82, 2.24) is 29.7 Å². The Balaban J connectivity index is 1.50. The molecule has 0 spiro atoms. The number of aryl methyl sites for hydroxylation is 1. The lowest BCUT2D eigenvalue weighted by Crippen LogP contribution is -2.37. The van der Waals surface area contributed by atoms with Crippen LogP contribution in [0.3, 0.4) is 0 Å². The van der Waals surface area contributed by atoms with Crippen molar-refractivity contribution < 1.29 is 14.0 Å². The topological polar surface area (TPSA) is 96.0 Å². The Bertz CT molecular complexity index is 1050. The standard InChI is InChI=1S/C20H24N6O3/c1-13-4-6-16(29-13)10-21-19(27)15-5-7-17-22-23-18(26(17)12-15)14-8-9-25(11-14)20(28)24(2)3/h4-7,12,14H,8-11H2,1-3H3,(H,21,27). The second-order valence-electron chi connectivity index (χ2n) is 7.51. The molecule has 152 valence electrons. The monoisotopic (exact) mass is 396 g/mol. The first-order valence-electron chi connectivity index (χ1n) is 9.57. The van der Waals surface area contributed by atoms with Gasteiger partial charge >= 0.3 is 6.03 Å². The fourth-order valence-corrected chi connectivity index (χ4v) is 3.60. The molecule has 1 aliphatic rings. The number of furan rings is 1. The highest BCUT2D eigenvalue weighted by atomic mass is 16.3. The molecule has 3 aromatic rings. The average molecular weight is 396 g/mol. The van der Waals surface area contributed by atoms with Gasteiger partial charge < -0.3 is 19.5 Å². The first kappa shape index (κ1) is 19.0. The maximum atomic E-state index is 12.6. The number of rotatable bonds is 4. The van der Waals surface area contributed by atoms with E-state index in [1.54, 1.807) is 37.3 Å². The van der Waals surface area contributed by atoms with Gasteiger partial charge in [0, 0.05) is 39.3 Å². The first-order chi connectivity index (χ1) is 13.9. The van der Waals surface area contributed by atoms with E-state index in [9.17, 15) is 9.59 Å². The summed E-state index contributed by atoms with van der Waals surface area (Å²) in [6.45, 7) is 3.46. The van der Waals surface area contributed by atoms with E-state index < -0.39 is 0 Å². The lowest BCUT2D eigenvalue weighted by molar-refractivity contribution is 0.0947. The number of likely N-dealkylation sites (tertiary alicyclic amines) is 1. The second kappa shape index (κ2) is 7.57. The number of carbonyl (C=O) groups excluding carboxylic acids is 2. The van der Waals surface area contributed by atoms with E-state index in [4.69, 9.17) is 4.42 Å². The minimum atomic E-state index is -0.198. The van der Waals surface area contributed by atoms with Gasteiger partial charge in [0.15, 0.2) is 5.65 Å². The Hall–Kier alpha value is -3.36. The minimum absolute atomic E-state index is 0.00505. The highest BCUT2D eigenvalue weighted by molar-refractivity contribution is 5.94. The highest BCUT2D eigenvalue weighted by Gasteiger charge is 2.31. The minimum Gasteiger partial charge on any atom is -0.465 e. The summed E-state index contributed by atoms with van der Waals surface area (Å²) in [5.41, 5.74) is 1.19. The molecule has 3 aromatic heterocycles. The molecule has 1 atom stereocenters. The van der Waals surface area contributed by atoms with Gasteiger partial charge in [-0.15, -0.1) is 10.2 Å². The number of nitrogens with zero attached hydrogens (tertiary/aromatic N) is 5. The van der Waals surface area contributed by atoms with Crippen molar-refractivity contribution in [3.05, 3.63) is 53.4 Å². The Morgan fingerprint density at radius 2 is 2.07 bits per heavy atom. The SMILES string of the molecule is Cc1ccc(CNC(=O)c2ccc3nnc(C4CCN(C(=O)N(C)C)C4)n3c2)o1. The number of carbonyl (C=O) groups is 2. The van der Waals surface area contributed by atoms with E-state index in [-0.39, 0.29) is 17.9 Å². The van der Waals surface area contributed by atoms with Gasteiger partial charge in [-0.3, -0.25) is 9.20 Å². The van der Waals surface area contributed by atoms with Gasteiger partial charge in [-0.05, 0) is 37.6 Å². The van der Waals surface area contributed by atoms with E-state index in [0.29, 0.717) is 36.6 Å². The summed E-state index contributed by atoms with van der Waals surface area (Å²) in [5.74, 6) is 2.17. The van der Waals surface area contributed by atoms with Crippen molar-refractivity contribution in [1.29, 1.82) is 0 Å². The fourth-order valence-electron chi connectivity index (χ4n) is 3.60. The Labute approximate surface area is 168 Å². The summed E-state index contributed by atoms with van der Waals surface area (Å²) in [7, 11) is 3.49. The number of urea groups is 1. The van der Waals surface area contributed by atoms with Crippen LogP contribution in [0.15, 0.2) is 34.9 Å². The van der Waals surface area contributed by atoms with Gasteiger partial charge in [-0.1, -0.05) is 0 Å². The highest BCUT2D eigenvalue weighted by Crippen LogP contribution is 2.27. The van der Waals surface area contributed by atoms with Crippen molar-refractivity contribution in [2.24, 2.45) is 0 Å². The van der Waals surface area contributed by atoms with Crippen LogP contribution >= 0.6 is 0 Å². The van der Waals surface area contributed by atoms with Crippen LogP contribution in [-0.2, 0) is 6.54 Å². The third-order valence-electron chi connectivity index (χ3n) is 5.12. The molecule has 9 heteroatoms. The normalized spacial score (nSPS) is 16.4. The van der Waals surface area contributed by atoms with Gasteiger partial charge in [0.1, 0.15) is 17.3 Å². The molecule has 0 aliphatic carbocycles. The molecule has 1 fully saturated rings. The van der Waals surface area contributed by atoms with Gasteiger partial charge in [-0.25, -0.2) is 4.79 Å². The zero-order chi connectivity index (χ0) is 20.5. The molecule has 0 radical (unpaired) electrons. The van der Waals surface area contributed by atoms with E-state index in [1.807, 2.05) is 28.4 Å². The maximum absolute atomic E-state index is 12.6. The van der Waals surface area contributed by atoms with Crippen LogP contribution in [0.2, 0.25) is 0 Å². The van der Waals surface area contributed by atoms with Crippen molar-refractivity contribution in [3.8, 4) is 0 Å². The van der Waals surface area contributed by atoms with Gasteiger partial charge in [0.25, 0.3) is 5.91 Å². The van der Waals surface area contributed by atoms with Crippen molar-refractivity contribution in [2.75, 3.05) is 27.2 Å². The molecule has 0 aromatic carbocycles. The summed E-state index contributed by atoms with van der Waals surface area (Å²) >= 11 is 0. The van der Waals surface area contributed by atoms with Crippen LogP contribution in [-0.4, -0.2) is 63.5 Å². The predicted octanol–water partition coefficient (Wildman–Crippen LogP) is 2.03. The lowest BCUT2D eigenvalue weighted by Gasteiger charge is -2.21. The molecule has 1 saturated heterocycles. The third kappa shape index (κ3) is 3.80. The van der Waals surface area contributed by atoms with Crippen LogP contribution in [0.1, 0.15) is 40.0 Å². The van der Waals surface area contributed by atoms with Crippen molar-refractivity contribution in [2.45, 2.75) is 25.8 Å². The number of pyridine rings is 1. The Morgan fingerprint density at radius 1 is 1.24 bits per heavy atom. The molecule has 0 bridgehead atoms. The van der Waals surface area contributed by atoms with Crippen LogP contribution in [0, 0.1) is 6.92 Å². The van der Waals surface area contributed by atoms with Gasteiger partial charge in [0.2, 0.25) is 0 Å². The molecule has 1 aliphatic heterocycles. The number of nitrogens with one attached hydrogen (secondary N) is 1. The van der Waals surface area contributed by atoms with Gasteiger partial charge in [0.05, 0.1) is 12.1 Å². The average Bonchev–Trinajstić information content (AvgIpc) is 3.43. The molecule has 3 amide bonds. The quantitative estimate of drug-likeness (QED) is 0.728. The second-order valence-corrected chi connectivity index (χ2v) is 7.51. The van der Waals surface area contributed by atoms with E-state index in [0.717, 1.165) is 18.0 Å². The molecule has 29 heavy (non-hydrogen) atoms. The van der Waals surface area contributed by atoms with E-state index >= 15 is 0 Å². The number of amides is 3. The van der Waals surface area contributed by atoms with Crippen molar-refractivity contribution >= 4 is 17.6 Å². The first-order valence-corrected chi connectivity index (χ1v) is 9.57. The molecule has 1 unspecified atom stereocenters. The molecule has 4 rings (SSSR count). The molecule has 4 heterocycles. The van der Waals surface area contributed by atoms with Crippen LogP contribution in [0.4, 0.5) is 4.79 Å². The largest absolute Gasteiger partial charge is 0.465 e. The summed E-state index contributed by atoms with van der Waals surface area (Å²) in [6, 6.07) is 7.21. The van der Waals surface area contributed by atoms with Crippen LogP contribution in [0.25, 0.3) is 5.65 Å². The molecule has 1 N–H and O–H groups in total. The maximum Gasteiger partial charge on any atom is 0.319 e. The molecular weight excluding hydrogens is 372 g/mol. The lowest BCUT2D eigenvalue weighted by atomic mass is 10.1. The smallest absolute Gasteiger partial charge is 0.319 e. The summed E-state index contributed by atoms with van der Waals surface area (Å²) < 4.78 is 7.33. The van der Waals surface area contributed by atoms with Gasteiger partial charge in [-0.2, -0.15) is 0 Å². The zero-order valence-electron chi connectivity index (χ0n) is 16.8. The summed E-state index contributed by atoms with van der Waals surface area (Å²) in [4.78, 5) is 28.2. The zero-order valence-corrected chi connectivity index (χ0v) is 16.8.